The maximum absolute atomic E-state index is 14.0. The Labute approximate surface area is 218 Å². The van der Waals surface area contributed by atoms with Gasteiger partial charge in [-0.15, -0.1) is 0 Å². The van der Waals surface area contributed by atoms with E-state index in [1.807, 2.05) is 65.6 Å². The zero-order chi connectivity index (χ0) is 25.8. The first-order valence-electron chi connectivity index (χ1n) is 13.1. The first kappa shape index (κ1) is 24.9. The van der Waals surface area contributed by atoms with E-state index in [4.69, 9.17) is 9.47 Å². The molecule has 3 aromatic carbocycles. The van der Waals surface area contributed by atoms with Crippen LogP contribution in [0.1, 0.15) is 64.7 Å². The SMILES string of the molecule is COc1cccc([C@H]2[C@H](C(=O)NCCc3ccccc3)c3ccccc3C(=O)N2C2CCCC2)c1OC. The molecule has 2 amide bonds. The molecule has 2 aliphatic rings. The molecule has 0 aromatic heterocycles. The van der Waals surface area contributed by atoms with Crippen LogP contribution in [-0.4, -0.2) is 43.5 Å². The van der Waals surface area contributed by atoms with Gasteiger partial charge >= 0.3 is 0 Å². The molecule has 37 heavy (non-hydrogen) atoms. The minimum absolute atomic E-state index is 0.0225. The quantitative estimate of drug-likeness (QED) is 0.459. The second-order valence-corrected chi connectivity index (χ2v) is 9.77. The fraction of sp³-hybridized carbons (Fsp3) is 0.355. The van der Waals surface area contributed by atoms with Crippen LogP contribution < -0.4 is 14.8 Å². The molecule has 0 unspecified atom stereocenters. The molecule has 0 bridgehead atoms. The van der Waals surface area contributed by atoms with Crippen molar-refractivity contribution in [2.75, 3.05) is 20.8 Å². The lowest BCUT2D eigenvalue weighted by Gasteiger charge is -2.45. The molecule has 6 heteroatoms. The molecule has 1 fully saturated rings. The van der Waals surface area contributed by atoms with Crippen LogP contribution in [0.4, 0.5) is 0 Å². The number of hydrogen-bond donors (Lipinski definition) is 1. The Kier molecular flexibility index (Phi) is 7.45. The smallest absolute Gasteiger partial charge is 0.254 e. The van der Waals surface area contributed by atoms with Gasteiger partial charge in [0.25, 0.3) is 5.91 Å². The highest BCUT2D eigenvalue weighted by molar-refractivity contribution is 6.01. The van der Waals surface area contributed by atoms with Gasteiger partial charge in [-0.05, 0) is 42.5 Å². The number of nitrogens with zero attached hydrogens (tertiary/aromatic N) is 1. The van der Waals surface area contributed by atoms with Crippen LogP contribution in [0.25, 0.3) is 0 Å². The first-order valence-corrected chi connectivity index (χ1v) is 13.1. The topological polar surface area (TPSA) is 67.9 Å². The van der Waals surface area contributed by atoms with E-state index in [1.54, 1.807) is 14.2 Å². The van der Waals surface area contributed by atoms with Crippen LogP contribution in [0.2, 0.25) is 0 Å². The Morgan fingerprint density at radius 1 is 0.892 bits per heavy atom. The minimum atomic E-state index is -0.578. The molecule has 3 aromatic rings. The van der Waals surface area contributed by atoms with Gasteiger partial charge in [0.15, 0.2) is 11.5 Å². The minimum Gasteiger partial charge on any atom is -0.493 e. The average molecular weight is 499 g/mol. The maximum Gasteiger partial charge on any atom is 0.254 e. The number of hydrogen-bond acceptors (Lipinski definition) is 4. The van der Waals surface area contributed by atoms with Gasteiger partial charge in [-0.2, -0.15) is 0 Å². The Morgan fingerprint density at radius 2 is 1.59 bits per heavy atom. The number of nitrogens with one attached hydrogen (secondary N) is 1. The molecule has 2 atom stereocenters. The van der Waals surface area contributed by atoms with E-state index in [0.29, 0.717) is 23.6 Å². The number of amides is 2. The van der Waals surface area contributed by atoms with E-state index < -0.39 is 12.0 Å². The van der Waals surface area contributed by atoms with Gasteiger partial charge in [-0.1, -0.05) is 73.5 Å². The van der Waals surface area contributed by atoms with Crippen LogP contribution in [0.15, 0.2) is 72.8 Å². The molecule has 0 saturated heterocycles. The molecule has 1 N–H and O–H groups in total. The molecule has 1 heterocycles. The summed E-state index contributed by atoms with van der Waals surface area (Å²) in [6.45, 7) is 0.515. The van der Waals surface area contributed by atoms with Crippen molar-refractivity contribution in [3.05, 3.63) is 95.1 Å². The van der Waals surface area contributed by atoms with Crippen LogP contribution in [-0.2, 0) is 11.2 Å². The van der Waals surface area contributed by atoms with Crippen LogP contribution in [0.5, 0.6) is 11.5 Å². The lowest BCUT2D eigenvalue weighted by Crippen LogP contribution is -2.51. The summed E-state index contributed by atoms with van der Waals surface area (Å²) in [5, 5.41) is 3.18. The molecule has 192 valence electrons. The van der Waals surface area contributed by atoms with Gasteiger partial charge in [0.2, 0.25) is 5.91 Å². The van der Waals surface area contributed by atoms with E-state index in [0.717, 1.165) is 43.2 Å². The largest absolute Gasteiger partial charge is 0.493 e. The average Bonchev–Trinajstić information content (AvgIpc) is 3.47. The highest BCUT2D eigenvalue weighted by Crippen LogP contribution is 2.49. The molecular formula is C31H34N2O4. The summed E-state index contributed by atoms with van der Waals surface area (Å²) in [6, 6.07) is 22.9. The van der Waals surface area contributed by atoms with Crippen LogP contribution >= 0.6 is 0 Å². The van der Waals surface area contributed by atoms with E-state index >= 15 is 0 Å². The number of rotatable bonds is 8. The molecule has 0 spiro atoms. The second kappa shape index (κ2) is 11.1. The van der Waals surface area contributed by atoms with Gasteiger partial charge in [-0.25, -0.2) is 0 Å². The number of carbonyl (C=O) groups is 2. The molecular weight excluding hydrogens is 464 g/mol. The van der Waals surface area contributed by atoms with Gasteiger partial charge in [-0.3, -0.25) is 9.59 Å². The Balaban J connectivity index is 1.59. The van der Waals surface area contributed by atoms with Gasteiger partial charge in [0, 0.05) is 23.7 Å². The first-order chi connectivity index (χ1) is 18.1. The van der Waals surface area contributed by atoms with Crippen molar-refractivity contribution >= 4 is 11.8 Å². The number of para-hydroxylation sites is 1. The van der Waals surface area contributed by atoms with E-state index in [9.17, 15) is 9.59 Å². The molecule has 0 radical (unpaired) electrons. The number of ether oxygens (including phenoxy) is 2. The molecule has 1 saturated carbocycles. The molecule has 1 aliphatic heterocycles. The van der Waals surface area contributed by atoms with Crippen molar-refractivity contribution in [1.82, 2.24) is 10.2 Å². The van der Waals surface area contributed by atoms with Crippen molar-refractivity contribution in [1.29, 1.82) is 0 Å². The maximum atomic E-state index is 14.0. The molecule has 1 aliphatic carbocycles. The van der Waals surface area contributed by atoms with Crippen molar-refractivity contribution in [3.8, 4) is 11.5 Å². The van der Waals surface area contributed by atoms with Gasteiger partial charge in [0.05, 0.1) is 26.2 Å². The predicted octanol–water partition coefficient (Wildman–Crippen LogP) is 5.29. The second-order valence-electron chi connectivity index (χ2n) is 9.77. The third-order valence-electron chi connectivity index (χ3n) is 7.68. The summed E-state index contributed by atoms with van der Waals surface area (Å²) in [6.07, 6.45) is 4.75. The van der Waals surface area contributed by atoms with Crippen LogP contribution in [0.3, 0.4) is 0 Å². The summed E-state index contributed by atoms with van der Waals surface area (Å²) in [7, 11) is 3.21. The number of carbonyl (C=O) groups excluding carboxylic acids is 2. The van der Waals surface area contributed by atoms with Crippen molar-refractivity contribution in [3.63, 3.8) is 0 Å². The molecule has 6 nitrogen and oxygen atoms in total. The highest BCUT2D eigenvalue weighted by Gasteiger charge is 2.48. The fourth-order valence-corrected chi connectivity index (χ4v) is 5.98. The normalized spacial score (nSPS) is 19.4. The number of benzene rings is 3. The fourth-order valence-electron chi connectivity index (χ4n) is 5.98. The lowest BCUT2D eigenvalue weighted by atomic mass is 9.78. The van der Waals surface area contributed by atoms with Crippen molar-refractivity contribution in [2.45, 2.75) is 50.1 Å². The zero-order valence-corrected chi connectivity index (χ0v) is 21.5. The summed E-state index contributed by atoms with van der Waals surface area (Å²) >= 11 is 0. The van der Waals surface area contributed by atoms with Crippen molar-refractivity contribution < 1.29 is 19.1 Å². The molecule has 5 rings (SSSR count). The van der Waals surface area contributed by atoms with E-state index in [1.165, 1.54) is 5.56 Å². The summed E-state index contributed by atoms with van der Waals surface area (Å²) in [4.78, 5) is 30.0. The summed E-state index contributed by atoms with van der Waals surface area (Å²) in [5.74, 6) is 0.457. The van der Waals surface area contributed by atoms with E-state index in [2.05, 4.69) is 17.4 Å². The monoisotopic (exact) mass is 498 g/mol. The van der Waals surface area contributed by atoms with Crippen molar-refractivity contribution in [2.24, 2.45) is 0 Å². The number of methoxy groups -OCH3 is 2. The van der Waals surface area contributed by atoms with Gasteiger partial charge < -0.3 is 19.7 Å². The zero-order valence-electron chi connectivity index (χ0n) is 21.5. The number of fused-ring (bicyclic) bond motifs is 1. The summed E-state index contributed by atoms with van der Waals surface area (Å²) < 4.78 is 11.4. The third-order valence-corrected chi connectivity index (χ3v) is 7.68. The lowest BCUT2D eigenvalue weighted by molar-refractivity contribution is -0.124. The standard InChI is InChI=1S/C31H34N2O4/c1-36-26-18-10-17-25(29(26)37-2)28-27(30(34)32-20-19-21-11-4-3-5-12-21)23-15-8-9-16-24(23)31(35)33(28)22-13-6-7-14-22/h3-5,8-12,15-18,22,27-28H,6-7,13-14,19-20H2,1-2H3,(H,32,34)/t27-,28+/m1/s1. The summed E-state index contributed by atoms with van der Waals surface area (Å²) in [5.41, 5.74) is 3.32. The Hall–Kier alpha value is -3.80. The Bertz CT molecular complexity index is 1250. The van der Waals surface area contributed by atoms with E-state index in [-0.39, 0.29) is 17.9 Å². The highest BCUT2D eigenvalue weighted by atomic mass is 16.5. The third kappa shape index (κ3) is 4.80. The van der Waals surface area contributed by atoms with Gasteiger partial charge in [0.1, 0.15) is 0 Å². The predicted molar refractivity (Wildman–Crippen MR) is 143 cm³/mol. The Morgan fingerprint density at radius 3 is 2.32 bits per heavy atom. The van der Waals surface area contributed by atoms with Crippen LogP contribution in [0, 0.1) is 0 Å².